The summed E-state index contributed by atoms with van der Waals surface area (Å²) in [4.78, 5) is 25.9. The first-order chi connectivity index (χ1) is 9.93. The number of para-hydroxylation sites is 1. The molecule has 0 atom stereocenters. The molecular formula is C14H14N2O5. The van der Waals surface area contributed by atoms with Crippen molar-refractivity contribution in [3.05, 3.63) is 41.2 Å². The second-order valence-electron chi connectivity index (χ2n) is 4.36. The number of carboxylic acids is 1. The van der Waals surface area contributed by atoms with Gasteiger partial charge in [0.05, 0.1) is 18.4 Å². The van der Waals surface area contributed by atoms with Crippen molar-refractivity contribution in [1.29, 1.82) is 0 Å². The number of methoxy groups -OCH3 is 1. The van der Waals surface area contributed by atoms with Crippen molar-refractivity contribution in [2.75, 3.05) is 12.4 Å². The maximum absolute atomic E-state index is 12.2. The molecule has 0 saturated heterocycles. The van der Waals surface area contributed by atoms with Gasteiger partial charge in [-0.1, -0.05) is 6.07 Å². The maximum Gasteiger partial charge on any atom is 0.354 e. The van der Waals surface area contributed by atoms with Gasteiger partial charge in [0.25, 0.3) is 5.91 Å². The van der Waals surface area contributed by atoms with Gasteiger partial charge in [-0.15, -0.1) is 0 Å². The van der Waals surface area contributed by atoms with E-state index in [4.69, 9.17) is 9.84 Å². The van der Waals surface area contributed by atoms with Gasteiger partial charge < -0.3 is 25.3 Å². The van der Waals surface area contributed by atoms with Crippen molar-refractivity contribution >= 4 is 17.6 Å². The fourth-order valence-electron chi connectivity index (χ4n) is 1.92. The van der Waals surface area contributed by atoms with E-state index in [9.17, 15) is 14.7 Å². The number of amides is 1. The first-order valence-corrected chi connectivity index (χ1v) is 6.04. The van der Waals surface area contributed by atoms with E-state index in [1.54, 1.807) is 13.0 Å². The number of benzene rings is 1. The summed E-state index contributed by atoms with van der Waals surface area (Å²) in [6.07, 6.45) is 0. The predicted molar refractivity (Wildman–Crippen MR) is 75.1 cm³/mol. The lowest BCUT2D eigenvalue weighted by atomic mass is 10.1. The average Bonchev–Trinajstić information content (AvgIpc) is 2.80. The van der Waals surface area contributed by atoms with E-state index in [0.29, 0.717) is 5.69 Å². The third-order valence-electron chi connectivity index (χ3n) is 2.88. The molecule has 0 bridgehead atoms. The van der Waals surface area contributed by atoms with Gasteiger partial charge in [0, 0.05) is 5.69 Å². The highest BCUT2D eigenvalue weighted by molar-refractivity contribution is 6.09. The first-order valence-electron chi connectivity index (χ1n) is 6.04. The molecule has 7 heteroatoms. The predicted octanol–water partition coefficient (Wildman–Crippen LogP) is 1.99. The van der Waals surface area contributed by atoms with Crippen LogP contribution in [0.1, 0.15) is 26.5 Å². The molecule has 0 aliphatic heterocycles. The van der Waals surface area contributed by atoms with Gasteiger partial charge in [0.1, 0.15) is 5.69 Å². The number of aromatic hydroxyl groups is 1. The second-order valence-corrected chi connectivity index (χ2v) is 4.36. The zero-order chi connectivity index (χ0) is 15.6. The van der Waals surface area contributed by atoms with Crippen LogP contribution in [0.3, 0.4) is 0 Å². The Kier molecular flexibility index (Phi) is 3.84. The van der Waals surface area contributed by atoms with Crippen molar-refractivity contribution in [1.82, 2.24) is 4.98 Å². The number of carbonyl (C=O) groups is 2. The van der Waals surface area contributed by atoms with Crippen LogP contribution in [0.5, 0.6) is 11.5 Å². The minimum atomic E-state index is -1.19. The highest BCUT2D eigenvalue weighted by Gasteiger charge is 2.19. The molecule has 7 nitrogen and oxygen atoms in total. The number of phenolic OH excluding ortho intramolecular Hbond substituents is 1. The molecule has 1 heterocycles. The van der Waals surface area contributed by atoms with Crippen LogP contribution in [0, 0.1) is 6.92 Å². The van der Waals surface area contributed by atoms with Crippen LogP contribution < -0.4 is 10.1 Å². The smallest absolute Gasteiger partial charge is 0.354 e. The van der Waals surface area contributed by atoms with Gasteiger partial charge in [-0.25, -0.2) is 4.79 Å². The number of phenols is 1. The second kappa shape index (κ2) is 5.58. The van der Waals surface area contributed by atoms with E-state index in [1.165, 1.54) is 25.3 Å². The summed E-state index contributed by atoms with van der Waals surface area (Å²) in [5.74, 6) is -1.96. The molecule has 0 unspecified atom stereocenters. The number of carbonyl (C=O) groups excluding carboxylic acids is 1. The lowest BCUT2D eigenvalue weighted by molar-refractivity contribution is 0.0692. The van der Waals surface area contributed by atoms with Crippen molar-refractivity contribution < 1.29 is 24.5 Å². The topological polar surface area (TPSA) is 112 Å². The number of aryl methyl sites for hydroxylation is 1. The van der Waals surface area contributed by atoms with Crippen molar-refractivity contribution in [2.45, 2.75) is 6.92 Å². The summed E-state index contributed by atoms with van der Waals surface area (Å²) in [6.45, 7) is 1.67. The largest absolute Gasteiger partial charge is 0.504 e. The van der Waals surface area contributed by atoms with Crippen LogP contribution in [0.2, 0.25) is 0 Å². The SMILES string of the molecule is COc1cccc(C(=O)Nc2cc(C)[nH]c2C(=O)O)c1O. The molecule has 2 rings (SSSR count). The third kappa shape index (κ3) is 2.81. The molecule has 0 fully saturated rings. The van der Waals surface area contributed by atoms with Crippen LogP contribution in [0.25, 0.3) is 0 Å². The van der Waals surface area contributed by atoms with E-state index in [1.807, 2.05) is 0 Å². The average molecular weight is 290 g/mol. The number of aromatic amines is 1. The number of carboxylic acid groups (broad SMARTS) is 1. The van der Waals surface area contributed by atoms with Crippen LogP contribution in [-0.4, -0.2) is 34.2 Å². The summed E-state index contributed by atoms with van der Waals surface area (Å²) in [6, 6.07) is 5.97. The van der Waals surface area contributed by atoms with Crippen molar-refractivity contribution in [3.63, 3.8) is 0 Å². The van der Waals surface area contributed by atoms with Crippen LogP contribution >= 0.6 is 0 Å². The number of nitrogens with one attached hydrogen (secondary N) is 2. The third-order valence-corrected chi connectivity index (χ3v) is 2.88. The minimum absolute atomic E-state index is 0.00968. The Morgan fingerprint density at radius 2 is 2.05 bits per heavy atom. The Balaban J connectivity index is 2.33. The van der Waals surface area contributed by atoms with E-state index in [2.05, 4.69) is 10.3 Å². The quantitative estimate of drug-likeness (QED) is 0.688. The number of anilines is 1. The number of aromatic carboxylic acids is 1. The Labute approximate surface area is 120 Å². The lowest BCUT2D eigenvalue weighted by Crippen LogP contribution is -2.14. The number of aromatic nitrogens is 1. The fraction of sp³-hybridized carbons (Fsp3) is 0.143. The zero-order valence-electron chi connectivity index (χ0n) is 11.4. The number of hydrogen-bond donors (Lipinski definition) is 4. The summed E-state index contributed by atoms with van der Waals surface area (Å²) >= 11 is 0. The van der Waals surface area contributed by atoms with Gasteiger partial charge in [0.15, 0.2) is 11.5 Å². The molecule has 0 aliphatic rings. The van der Waals surface area contributed by atoms with E-state index >= 15 is 0 Å². The molecule has 0 spiro atoms. The number of H-pyrrole nitrogens is 1. The van der Waals surface area contributed by atoms with E-state index in [0.717, 1.165) is 0 Å². The molecule has 1 aromatic heterocycles. The summed E-state index contributed by atoms with van der Waals surface area (Å²) in [5, 5.41) is 21.4. The monoisotopic (exact) mass is 290 g/mol. The van der Waals surface area contributed by atoms with Crippen LogP contribution in [0.4, 0.5) is 5.69 Å². The van der Waals surface area contributed by atoms with E-state index in [-0.39, 0.29) is 28.4 Å². The Morgan fingerprint density at radius 1 is 1.33 bits per heavy atom. The molecule has 2 aromatic rings. The van der Waals surface area contributed by atoms with Crippen LogP contribution in [0.15, 0.2) is 24.3 Å². The highest BCUT2D eigenvalue weighted by atomic mass is 16.5. The van der Waals surface area contributed by atoms with Gasteiger partial charge in [-0.2, -0.15) is 0 Å². The molecule has 0 aliphatic carbocycles. The number of rotatable bonds is 4. The lowest BCUT2D eigenvalue weighted by Gasteiger charge is -2.09. The Bertz CT molecular complexity index is 705. The minimum Gasteiger partial charge on any atom is -0.504 e. The summed E-state index contributed by atoms with van der Waals surface area (Å²) in [7, 11) is 1.37. The van der Waals surface area contributed by atoms with Gasteiger partial charge in [0.2, 0.25) is 0 Å². The summed E-state index contributed by atoms with van der Waals surface area (Å²) < 4.78 is 4.92. The van der Waals surface area contributed by atoms with Gasteiger partial charge in [-0.3, -0.25) is 4.79 Å². The Hall–Kier alpha value is -2.96. The normalized spacial score (nSPS) is 10.2. The Morgan fingerprint density at radius 3 is 2.67 bits per heavy atom. The molecule has 21 heavy (non-hydrogen) atoms. The fourth-order valence-corrected chi connectivity index (χ4v) is 1.92. The number of ether oxygens (including phenoxy) is 1. The van der Waals surface area contributed by atoms with Crippen molar-refractivity contribution in [3.8, 4) is 11.5 Å². The summed E-state index contributed by atoms with van der Waals surface area (Å²) in [5.41, 5.74) is 0.595. The zero-order valence-corrected chi connectivity index (χ0v) is 11.4. The number of hydrogen-bond acceptors (Lipinski definition) is 4. The van der Waals surface area contributed by atoms with E-state index < -0.39 is 11.9 Å². The molecule has 1 amide bonds. The maximum atomic E-state index is 12.2. The van der Waals surface area contributed by atoms with Gasteiger partial charge in [-0.05, 0) is 25.1 Å². The molecular weight excluding hydrogens is 276 g/mol. The molecule has 110 valence electrons. The first kappa shape index (κ1) is 14.4. The molecule has 0 saturated carbocycles. The standard InChI is InChI=1S/C14H14N2O5/c1-7-6-9(11(15-7)14(19)20)16-13(18)8-4-3-5-10(21-2)12(8)17/h3-6,15,17H,1-2H3,(H,16,18)(H,19,20). The highest BCUT2D eigenvalue weighted by Crippen LogP contribution is 2.30. The van der Waals surface area contributed by atoms with Crippen molar-refractivity contribution in [2.24, 2.45) is 0 Å². The molecule has 0 radical (unpaired) electrons. The van der Waals surface area contributed by atoms with Gasteiger partial charge >= 0.3 is 5.97 Å². The van der Waals surface area contributed by atoms with Crippen LogP contribution in [-0.2, 0) is 0 Å². The molecule has 4 N–H and O–H groups in total. The molecule has 1 aromatic carbocycles.